The predicted octanol–water partition coefficient (Wildman–Crippen LogP) is 2.39. The lowest BCUT2D eigenvalue weighted by Gasteiger charge is -2.15. The summed E-state index contributed by atoms with van der Waals surface area (Å²) < 4.78 is 11.3. The summed E-state index contributed by atoms with van der Waals surface area (Å²) in [5.74, 6) is 0.329. The Bertz CT molecular complexity index is 485. The van der Waals surface area contributed by atoms with E-state index in [4.69, 9.17) is 9.47 Å². The zero-order valence-corrected chi connectivity index (χ0v) is 9.36. The fraction of sp³-hybridized carbons (Fsp3) is 0.417. The Morgan fingerprint density at radius 1 is 1.38 bits per heavy atom. The van der Waals surface area contributed by atoms with Crippen LogP contribution in [0.15, 0.2) is 24.3 Å². The number of benzene rings is 1. The molecule has 1 aliphatic rings. The third-order valence-electron chi connectivity index (χ3n) is 2.72. The summed E-state index contributed by atoms with van der Waals surface area (Å²) in [6, 6.07) is 7.95. The van der Waals surface area contributed by atoms with Crippen molar-refractivity contribution in [3.63, 3.8) is 0 Å². The van der Waals surface area contributed by atoms with Crippen molar-refractivity contribution in [2.75, 3.05) is 6.61 Å². The number of para-hydroxylation sites is 2. The maximum atomic E-state index is 5.75. The maximum absolute atomic E-state index is 5.75. The van der Waals surface area contributed by atoms with Crippen molar-refractivity contribution < 1.29 is 9.47 Å². The quantitative estimate of drug-likeness (QED) is 0.799. The number of H-pyrrole nitrogens is 1. The summed E-state index contributed by atoms with van der Waals surface area (Å²) in [6.07, 6.45) is -0.0950. The van der Waals surface area contributed by atoms with Crippen LogP contribution in [-0.2, 0) is 9.47 Å². The average Bonchev–Trinajstić information content (AvgIpc) is 2.80. The smallest absolute Gasteiger partial charge is 0.164 e. The first-order chi connectivity index (χ1) is 7.64. The molecule has 0 saturated carbocycles. The molecule has 84 valence electrons. The SMILES string of the molecule is CC1(C)OCC(c2nc3ccccc3[nH]2)O1. The molecule has 1 atom stereocenters. The van der Waals surface area contributed by atoms with Crippen LogP contribution in [0.4, 0.5) is 0 Å². The Balaban J connectivity index is 1.95. The number of hydrogen-bond donors (Lipinski definition) is 1. The summed E-state index contributed by atoms with van der Waals surface area (Å²) in [5.41, 5.74) is 2.00. The molecule has 0 spiro atoms. The van der Waals surface area contributed by atoms with Crippen LogP contribution in [0.2, 0.25) is 0 Å². The normalized spacial score (nSPS) is 24.0. The molecule has 3 rings (SSSR count). The van der Waals surface area contributed by atoms with E-state index in [1.54, 1.807) is 0 Å². The molecule has 1 aromatic heterocycles. The van der Waals surface area contributed by atoms with Gasteiger partial charge < -0.3 is 14.5 Å². The van der Waals surface area contributed by atoms with Crippen molar-refractivity contribution in [1.82, 2.24) is 9.97 Å². The fourth-order valence-corrected chi connectivity index (χ4v) is 1.95. The van der Waals surface area contributed by atoms with Gasteiger partial charge in [0.2, 0.25) is 0 Å². The average molecular weight is 218 g/mol. The Morgan fingerprint density at radius 2 is 2.19 bits per heavy atom. The van der Waals surface area contributed by atoms with Gasteiger partial charge in [-0.2, -0.15) is 0 Å². The van der Waals surface area contributed by atoms with Crippen molar-refractivity contribution in [1.29, 1.82) is 0 Å². The van der Waals surface area contributed by atoms with Gasteiger partial charge in [0.15, 0.2) is 5.79 Å². The van der Waals surface area contributed by atoms with Gasteiger partial charge in [-0.05, 0) is 26.0 Å². The van der Waals surface area contributed by atoms with Crippen LogP contribution in [0.25, 0.3) is 11.0 Å². The van der Waals surface area contributed by atoms with E-state index < -0.39 is 5.79 Å². The van der Waals surface area contributed by atoms with Gasteiger partial charge in [0.1, 0.15) is 11.9 Å². The lowest BCUT2D eigenvalue weighted by Crippen LogP contribution is -2.19. The van der Waals surface area contributed by atoms with Crippen molar-refractivity contribution in [2.45, 2.75) is 25.7 Å². The number of fused-ring (bicyclic) bond motifs is 1. The van der Waals surface area contributed by atoms with Crippen molar-refractivity contribution in [2.24, 2.45) is 0 Å². The largest absolute Gasteiger partial charge is 0.347 e. The highest BCUT2D eigenvalue weighted by Crippen LogP contribution is 2.32. The molecule has 2 heterocycles. The number of nitrogens with one attached hydrogen (secondary N) is 1. The highest BCUT2D eigenvalue weighted by atomic mass is 16.7. The molecule has 1 N–H and O–H groups in total. The van der Waals surface area contributed by atoms with Crippen molar-refractivity contribution in [3.05, 3.63) is 30.1 Å². The molecule has 16 heavy (non-hydrogen) atoms. The molecule has 1 fully saturated rings. The maximum Gasteiger partial charge on any atom is 0.164 e. The van der Waals surface area contributed by atoms with E-state index in [9.17, 15) is 0 Å². The van der Waals surface area contributed by atoms with Crippen LogP contribution >= 0.6 is 0 Å². The van der Waals surface area contributed by atoms with E-state index in [-0.39, 0.29) is 6.10 Å². The third-order valence-corrected chi connectivity index (χ3v) is 2.72. The summed E-state index contributed by atoms with van der Waals surface area (Å²) >= 11 is 0. The third kappa shape index (κ3) is 1.60. The number of hydrogen-bond acceptors (Lipinski definition) is 3. The van der Waals surface area contributed by atoms with E-state index >= 15 is 0 Å². The number of nitrogens with zero attached hydrogens (tertiary/aromatic N) is 1. The first-order valence-electron chi connectivity index (χ1n) is 5.40. The first-order valence-corrected chi connectivity index (χ1v) is 5.40. The summed E-state index contributed by atoms with van der Waals surface area (Å²) in [7, 11) is 0. The molecule has 4 heteroatoms. The fourth-order valence-electron chi connectivity index (χ4n) is 1.95. The van der Waals surface area contributed by atoms with Gasteiger partial charge in [-0.25, -0.2) is 4.98 Å². The minimum absolute atomic E-state index is 0.0950. The monoisotopic (exact) mass is 218 g/mol. The van der Waals surface area contributed by atoms with E-state index in [1.165, 1.54) is 0 Å². The van der Waals surface area contributed by atoms with Gasteiger partial charge in [0.25, 0.3) is 0 Å². The number of aromatic amines is 1. The summed E-state index contributed by atoms with van der Waals surface area (Å²) in [4.78, 5) is 7.76. The number of aromatic nitrogens is 2. The van der Waals surface area contributed by atoms with Crippen molar-refractivity contribution in [3.8, 4) is 0 Å². The van der Waals surface area contributed by atoms with Crippen LogP contribution in [0.5, 0.6) is 0 Å². The van der Waals surface area contributed by atoms with Crippen LogP contribution in [-0.4, -0.2) is 22.4 Å². The predicted molar refractivity (Wildman–Crippen MR) is 60.0 cm³/mol. The summed E-state index contributed by atoms with van der Waals surface area (Å²) in [6.45, 7) is 4.37. The van der Waals surface area contributed by atoms with Crippen molar-refractivity contribution >= 4 is 11.0 Å². The zero-order chi connectivity index (χ0) is 11.2. The topological polar surface area (TPSA) is 47.1 Å². The highest BCUT2D eigenvalue weighted by molar-refractivity contribution is 5.74. The van der Waals surface area contributed by atoms with Crippen LogP contribution < -0.4 is 0 Å². The minimum atomic E-state index is -0.510. The van der Waals surface area contributed by atoms with E-state index in [1.807, 2.05) is 38.1 Å². The molecule has 4 nitrogen and oxygen atoms in total. The Kier molecular flexibility index (Phi) is 2.02. The standard InChI is InChI=1S/C12H14N2O2/c1-12(2)15-7-10(16-12)11-13-8-5-3-4-6-9(8)14-11/h3-6,10H,7H2,1-2H3,(H,13,14). The van der Waals surface area contributed by atoms with Crippen LogP contribution in [0.1, 0.15) is 25.8 Å². The minimum Gasteiger partial charge on any atom is -0.347 e. The lowest BCUT2D eigenvalue weighted by atomic mass is 10.3. The first kappa shape index (κ1) is 9.81. The molecule has 0 bridgehead atoms. The summed E-state index contributed by atoms with van der Waals surface area (Å²) in [5, 5.41) is 0. The van der Waals surface area contributed by atoms with Crippen LogP contribution in [0.3, 0.4) is 0 Å². The highest BCUT2D eigenvalue weighted by Gasteiger charge is 2.35. The van der Waals surface area contributed by atoms with E-state index in [0.29, 0.717) is 6.61 Å². The van der Waals surface area contributed by atoms with Gasteiger partial charge in [0, 0.05) is 0 Å². The second-order valence-corrected chi connectivity index (χ2v) is 4.46. The number of imidazole rings is 1. The Labute approximate surface area is 93.6 Å². The molecule has 0 radical (unpaired) electrons. The van der Waals surface area contributed by atoms with Crippen LogP contribution in [0, 0.1) is 0 Å². The van der Waals surface area contributed by atoms with Gasteiger partial charge >= 0.3 is 0 Å². The molecule has 1 saturated heterocycles. The molecular formula is C12H14N2O2. The zero-order valence-electron chi connectivity index (χ0n) is 9.36. The number of ether oxygens (including phenoxy) is 2. The molecule has 2 aromatic rings. The molecule has 1 aliphatic heterocycles. The van der Waals surface area contributed by atoms with Gasteiger partial charge in [-0.15, -0.1) is 0 Å². The van der Waals surface area contributed by atoms with Gasteiger partial charge in [-0.3, -0.25) is 0 Å². The molecular weight excluding hydrogens is 204 g/mol. The second kappa shape index (κ2) is 3.30. The Hall–Kier alpha value is -1.39. The second-order valence-electron chi connectivity index (χ2n) is 4.46. The molecule has 1 unspecified atom stereocenters. The van der Waals surface area contributed by atoms with Gasteiger partial charge in [-0.1, -0.05) is 12.1 Å². The van der Waals surface area contributed by atoms with E-state index in [0.717, 1.165) is 16.9 Å². The lowest BCUT2D eigenvalue weighted by molar-refractivity contribution is -0.139. The van der Waals surface area contributed by atoms with E-state index in [2.05, 4.69) is 9.97 Å². The van der Waals surface area contributed by atoms with Gasteiger partial charge in [0.05, 0.1) is 17.6 Å². The Morgan fingerprint density at radius 3 is 2.88 bits per heavy atom. The molecule has 0 amide bonds. The molecule has 1 aromatic carbocycles. The number of rotatable bonds is 1. The molecule has 0 aliphatic carbocycles.